The maximum Gasteiger partial charge on any atom is 0.237 e. The van der Waals surface area contributed by atoms with Gasteiger partial charge < -0.3 is 14.4 Å². The van der Waals surface area contributed by atoms with Gasteiger partial charge in [0.15, 0.2) is 22.5 Å². The molecule has 0 aliphatic rings. The number of hydrogen-bond donors (Lipinski definition) is 0. The highest BCUT2D eigenvalue weighted by Gasteiger charge is 2.22. The van der Waals surface area contributed by atoms with Crippen LogP contribution < -0.4 is 9.64 Å². The van der Waals surface area contributed by atoms with Crippen molar-refractivity contribution in [2.75, 3.05) is 30.9 Å². The molecule has 1 aromatic heterocycles. The van der Waals surface area contributed by atoms with E-state index in [1.54, 1.807) is 30.2 Å². The Kier molecular flexibility index (Phi) is 8.56. The molecule has 4 aromatic rings. The smallest absolute Gasteiger partial charge is 0.237 e. The van der Waals surface area contributed by atoms with E-state index in [0.717, 1.165) is 16.5 Å². The number of methoxy groups -OCH3 is 1. The molecule has 36 heavy (non-hydrogen) atoms. The summed E-state index contributed by atoms with van der Waals surface area (Å²) in [6.07, 6.45) is 0. The zero-order valence-electron chi connectivity index (χ0n) is 20.6. The Bertz CT molecular complexity index is 1320. The van der Waals surface area contributed by atoms with E-state index in [-0.39, 0.29) is 30.1 Å². The van der Waals surface area contributed by atoms with Crippen molar-refractivity contribution < 1.29 is 18.7 Å². The van der Waals surface area contributed by atoms with Gasteiger partial charge in [-0.2, -0.15) is 0 Å². The first-order valence-corrected chi connectivity index (χ1v) is 12.7. The van der Waals surface area contributed by atoms with Gasteiger partial charge in [-0.15, -0.1) is 10.2 Å². The largest absolute Gasteiger partial charge is 0.483 e. The molecule has 0 saturated carbocycles. The number of anilines is 1. The van der Waals surface area contributed by atoms with Crippen LogP contribution in [0.2, 0.25) is 0 Å². The van der Waals surface area contributed by atoms with E-state index in [4.69, 9.17) is 9.47 Å². The van der Waals surface area contributed by atoms with Crippen molar-refractivity contribution in [1.29, 1.82) is 0 Å². The van der Waals surface area contributed by atoms with E-state index in [2.05, 4.69) is 10.2 Å². The Morgan fingerprint density at radius 3 is 2.61 bits per heavy atom. The summed E-state index contributed by atoms with van der Waals surface area (Å²) >= 11 is 1.31. The SMILES string of the molecule is CCN(C(=O)CSc1nnc(COc2ccccc2F)n1[C@H](C)COC)c1cccc2ccccc12. The fourth-order valence-corrected chi connectivity index (χ4v) is 5.03. The molecule has 3 aromatic carbocycles. The van der Waals surface area contributed by atoms with Gasteiger partial charge in [0, 0.05) is 19.0 Å². The number of amides is 1. The second-order valence-electron chi connectivity index (χ2n) is 8.22. The molecular formula is C27H29FN4O3S. The van der Waals surface area contributed by atoms with Gasteiger partial charge in [-0.3, -0.25) is 9.36 Å². The number of nitrogens with zero attached hydrogens (tertiary/aromatic N) is 4. The van der Waals surface area contributed by atoms with Crippen LogP contribution in [-0.4, -0.2) is 46.7 Å². The number of benzene rings is 3. The zero-order chi connectivity index (χ0) is 25.5. The lowest BCUT2D eigenvalue weighted by Crippen LogP contribution is -2.32. The van der Waals surface area contributed by atoms with Crippen LogP contribution in [0.3, 0.4) is 0 Å². The molecule has 0 spiro atoms. The molecule has 1 heterocycles. The van der Waals surface area contributed by atoms with Gasteiger partial charge in [0.05, 0.1) is 24.1 Å². The lowest BCUT2D eigenvalue weighted by atomic mass is 10.1. The minimum absolute atomic E-state index is 0.0306. The number of para-hydroxylation sites is 1. The highest BCUT2D eigenvalue weighted by molar-refractivity contribution is 7.99. The molecule has 0 aliphatic carbocycles. The van der Waals surface area contributed by atoms with Gasteiger partial charge in [0.2, 0.25) is 5.91 Å². The summed E-state index contributed by atoms with van der Waals surface area (Å²) in [6.45, 7) is 4.93. The second-order valence-corrected chi connectivity index (χ2v) is 9.16. The van der Waals surface area contributed by atoms with E-state index in [1.807, 2.05) is 60.9 Å². The second kappa shape index (κ2) is 12.0. The maximum atomic E-state index is 14.0. The molecule has 9 heteroatoms. The standard InChI is InChI=1S/C27H29FN4O3S/c1-4-31(23-14-9-11-20-10-5-6-12-21(20)23)26(33)18-36-27-30-29-25(32(27)19(2)16-34-3)17-35-24-15-8-7-13-22(24)28/h5-15,19H,4,16-18H2,1-3H3/t19-/m1/s1. The Morgan fingerprint density at radius 2 is 1.83 bits per heavy atom. The zero-order valence-corrected chi connectivity index (χ0v) is 21.4. The molecule has 0 aliphatic heterocycles. The maximum absolute atomic E-state index is 14.0. The van der Waals surface area contributed by atoms with E-state index < -0.39 is 5.82 Å². The van der Waals surface area contributed by atoms with Crippen LogP contribution in [0, 0.1) is 5.82 Å². The Hall–Kier alpha value is -3.43. The summed E-state index contributed by atoms with van der Waals surface area (Å²) in [6, 6.07) is 20.1. The number of hydrogen-bond acceptors (Lipinski definition) is 6. The summed E-state index contributed by atoms with van der Waals surface area (Å²) in [7, 11) is 1.62. The van der Waals surface area contributed by atoms with Crippen molar-refractivity contribution in [3.63, 3.8) is 0 Å². The van der Waals surface area contributed by atoms with Crippen molar-refractivity contribution >= 4 is 34.1 Å². The number of ether oxygens (including phenoxy) is 2. The van der Waals surface area contributed by atoms with Crippen molar-refractivity contribution in [3.05, 3.63) is 78.4 Å². The van der Waals surface area contributed by atoms with Gasteiger partial charge >= 0.3 is 0 Å². The Balaban J connectivity index is 1.52. The van der Waals surface area contributed by atoms with Gasteiger partial charge in [-0.25, -0.2) is 4.39 Å². The van der Waals surface area contributed by atoms with Gasteiger partial charge in [-0.05, 0) is 37.4 Å². The monoisotopic (exact) mass is 508 g/mol. The first kappa shape index (κ1) is 25.7. The van der Waals surface area contributed by atoms with E-state index in [1.165, 1.54) is 17.8 Å². The van der Waals surface area contributed by atoms with E-state index in [0.29, 0.717) is 24.1 Å². The molecule has 1 amide bonds. The fourth-order valence-electron chi connectivity index (χ4n) is 4.10. The van der Waals surface area contributed by atoms with E-state index >= 15 is 0 Å². The molecular weight excluding hydrogens is 479 g/mol. The highest BCUT2D eigenvalue weighted by Crippen LogP contribution is 2.29. The van der Waals surface area contributed by atoms with Crippen molar-refractivity contribution in [3.8, 4) is 5.75 Å². The van der Waals surface area contributed by atoms with Crippen LogP contribution in [0.25, 0.3) is 10.8 Å². The van der Waals surface area contributed by atoms with Gasteiger partial charge in [0.25, 0.3) is 0 Å². The lowest BCUT2D eigenvalue weighted by Gasteiger charge is -2.23. The molecule has 0 saturated heterocycles. The number of carbonyl (C=O) groups excluding carboxylic acids is 1. The number of aromatic nitrogens is 3. The molecule has 0 unspecified atom stereocenters. The topological polar surface area (TPSA) is 69.5 Å². The third-order valence-corrected chi connectivity index (χ3v) is 6.70. The van der Waals surface area contributed by atoms with Crippen LogP contribution in [-0.2, 0) is 16.1 Å². The lowest BCUT2D eigenvalue weighted by molar-refractivity contribution is -0.116. The number of halogens is 1. The molecule has 4 rings (SSSR count). The molecule has 0 bridgehead atoms. The van der Waals surface area contributed by atoms with Crippen LogP contribution in [0.1, 0.15) is 25.7 Å². The van der Waals surface area contributed by atoms with Crippen LogP contribution in [0.15, 0.2) is 71.9 Å². The highest BCUT2D eigenvalue weighted by atomic mass is 32.2. The summed E-state index contributed by atoms with van der Waals surface area (Å²) in [5.74, 6) is 0.380. The average molecular weight is 509 g/mol. The van der Waals surface area contributed by atoms with Crippen molar-refractivity contribution in [2.45, 2.75) is 31.7 Å². The molecule has 1 atom stereocenters. The summed E-state index contributed by atoms with van der Waals surface area (Å²) < 4.78 is 26.9. The van der Waals surface area contributed by atoms with Gasteiger partial charge in [-0.1, -0.05) is 60.3 Å². The first-order chi connectivity index (χ1) is 17.5. The fraction of sp³-hybridized carbons (Fsp3) is 0.296. The van der Waals surface area contributed by atoms with Crippen LogP contribution in [0.5, 0.6) is 5.75 Å². The van der Waals surface area contributed by atoms with Crippen LogP contribution in [0.4, 0.5) is 10.1 Å². The third kappa shape index (κ3) is 5.68. The summed E-state index contributed by atoms with van der Waals surface area (Å²) in [4.78, 5) is 15.1. The van der Waals surface area contributed by atoms with Crippen molar-refractivity contribution in [1.82, 2.24) is 14.8 Å². The molecule has 7 nitrogen and oxygen atoms in total. The van der Waals surface area contributed by atoms with E-state index in [9.17, 15) is 9.18 Å². The van der Waals surface area contributed by atoms with Crippen LogP contribution >= 0.6 is 11.8 Å². The normalized spacial score (nSPS) is 12.0. The quantitative estimate of drug-likeness (QED) is 0.249. The van der Waals surface area contributed by atoms with Gasteiger partial charge in [0.1, 0.15) is 6.61 Å². The molecule has 0 fully saturated rings. The third-order valence-electron chi connectivity index (χ3n) is 5.78. The summed E-state index contributed by atoms with van der Waals surface area (Å²) in [5, 5.41) is 11.3. The molecule has 188 valence electrons. The predicted octanol–water partition coefficient (Wildman–Crippen LogP) is 5.50. The Labute approximate surface area is 214 Å². The average Bonchev–Trinajstić information content (AvgIpc) is 3.30. The minimum atomic E-state index is -0.443. The summed E-state index contributed by atoms with van der Waals surface area (Å²) in [5.41, 5.74) is 0.884. The number of rotatable bonds is 11. The Morgan fingerprint density at radius 1 is 1.08 bits per heavy atom. The number of thioether (sulfide) groups is 1. The molecule has 0 radical (unpaired) electrons. The number of carbonyl (C=O) groups is 1. The predicted molar refractivity (Wildman–Crippen MR) is 140 cm³/mol. The first-order valence-electron chi connectivity index (χ1n) is 11.7. The van der Waals surface area contributed by atoms with Crippen molar-refractivity contribution in [2.24, 2.45) is 0 Å². The minimum Gasteiger partial charge on any atom is -0.483 e. The molecule has 0 N–H and O–H groups in total. The number of fused-ring (bicyclic) bond motifs is 1.